The molecule has 156 valence electrons. The van der Waals surface area contributed by atoms with Gasteiger partial charge in [-0.2, -0.15) is 0 Å². The number of nitrogens with one attached hydrogen (secondary N) is 1. The highest BCUT2D eigenvalue weighted by atomic mass is 35.5. The van der Waals surface area contributed by atoms with Crippen LogP contribution in [0.25, 0.3) is 0 Å². The summed E-state index contributed by atoms with van der Waals surface area (Å²) < 4.78 is 27.7. The Bertz CT molecular complexity index is 1160. The number of aryl methyl sites for hydroxylation is 3. The van der Waals surface area contributed by atoms with Gasteiger partial charge in [0.15, 0.2) is 0 Å². The van der Waals surface area contributed by atoms with Gasteiger partial charge in [-0.05, 0) is 73.9 Å². The van der Waals surface area contributed by atoms with Gasteiger partial charge in [0, 0.05) is 10.7 Å². The van der Waals surface area contributed by atoms with Crippen molar-refractivity contribution in [3.8, 4) is 0 Å². The Morgan fingerprint density at radius 3 is 2.17 bits per heavy atom. The van der Waals surface area contributed by atoms with Crippen LogP contribution in [0.4, 0.5) is 11.4 Å². The molecule has 1 amide bonds. The zero-order valence-corrected chi connectivity index (χ0v) is 18.6. The third-order valence-corrected chi connectivity index (χ3v) is 6.76. The van der Waals surface area contributed by atoms with Crippen LogP contribution in [0.2, 0.25) is 5.02 Å². The fourth-order valence-electron chi connectivity index (χ4n) is 3.15. The highest BCUT2D eigenvalue weighted by Crippen LogP contribution is 2.28. The molecule has 0 aliphatic carbocycles. The maximum Gasteiger partial charge on any atom is 0.264 e. The number of halogens is 1. The number of rotatable bonds is 6. The maximum absolute atomic E-state index is 13.3. The second-order valence-electron chi connectivity index (χ2n) is 7.18. The number of carbonyl (C=O) groups excluding carboxylic acids is 1. The fourth-order valence-corrected chi connectivity index (χ4v) is 4.76. The van der Waals surface area contributed by atoms with Crippen molar-refractivity contribution >= 4 is 38.9 Å². The van der Waals surface area contributed by atoms with E-state index >= 15 is 0 Å². The molecule has 3 rings (SSSR count). The van der Waals surface area contributed by atoms with Crippen molar-refractivity contribution in [2.24, 2.45) is 0 Å². The molecule has 30 heavy (non-hydrogen) atoms. The molecule has 0 unspecified atom stereocenters. The van der Waals surface area contributed by atoms with E-state index in [1.807, 2.05) is 39.0 Å². The van der Waals surface area contributed by atoms with E-state index in [-0.39, 0.29) is 11.4 Å². The minimum atomic E-state index is -3.97. The Balaban J connectivity index is 1.97. The van der Waals surface area contributed by atoms with Gasteiger partial charge in [-0.3, -0.25) is 9.10 Å². The molecule has 5 nitrogen and oxygen atoms in total. The van der Waals surface area contributed by atoms with Crippen molar-refractivity contribution in [3.05, 3.63) is 88.4 Å². The van der Waals surface area contributed by atoms with Crippen molar-refractivity contribution in [1.29, 1.82) is 0 Å². The molecular weight excluding hydrogens is 420 g/mol. The zero-order valence-electron chi connectivity index (χ0n) is 17.0. The molecule has 1 N–H and O–H groups in total. The Morgan fingerprint density at radius 1 is 0.933 bits per heavy atom. The lowest BCUT2D eigenvalue weighted by atomic mass is 10.1. The normalized spacial score (nSPS) is 11.2. The first-order valence-electron chi connectivity index (χ1n) is 9.39. The third kappa shape index (κ3) is 5.01. The maximum atomic E-state index is 13.3. The summed E-state index contributed by atoms with van der Waals surface area (Å²) in [7, 11) is -3.97. The summed E-state index contributed by atoms with van der Waals surface area (Å²) in [4.78, 5) is 12.9. The molecule has 7 heteroatoms. The predicted octanol–water partition coefficient (Wildman–Crippen LogP) is 5.10. The van der Waals surface area contributed by atoms with Crippen LogP contribution in [-0.2, 0) is 14.8 Å². The van der Waals surface area contributed by atoms with Gasteiger partial charge in [0.2, 0.25) is 5.91 Å². The Morgan fingerprint density at radius 2 is 1.57 bits per heavy atom. The topological polar surface area (TPSA) is 66.5 Å². The molecule has 0 aliphatic rings. The summed E-state index contributed by atoms with van der Waals surface area (Å²) in [6.07, 6.45) is 0. The molecule has 3 aromatic rings. The highest BCUT2D eigenvalue weighted by molar-refractivity contribution is 7.92. The standard InChI is InChI=1S/C23H23ClN2O3S/c1-16-11-17(2)13-19(12-16)25-23(27)15-26(20-10-9-18(3)22(24)14-20)30(28,29)21-7-5-4-6-8-21/h4-14H,15H2,1-3H3,(H,25,27). The number of amides is 1. The van der Waals surface area contributed by atoms with E-state index in [1.54, 1.807) is 36.4 Å². The number of sulfonamides is 1. The Labute approximate surface area is 182 Å². The van der Waals surface area contributed by atoms with Crippen LogP contribution in [-0.4, -0.2) is 20.9 Å². The molecule has 0 spiro atoms. The fraction of sp³-hybridized carbons (Fsp3) is 0.174. The van der Waals surface area contributed by atoms with Gasteiger partial charge in [-0.25, -0.2) is 8.42 Å². The third-order valence-electron chi connectivity index (χ3n) is 4.57. The zero-order chi connectivity index (χ0) is 21.9. The molecule has 3 aromatic carbocycles. The number of hydrogen-bond donors (Lipinski definition) is 1. The summed E-state index contributed by atoms with van der Waals surface area (Å²) in [5.41, 5.74) is 3.77. The molecular formula is C23H23ClN2O3S. The van der Waals surface area contributed by atoms with Gasteiger partial charge in [-0.1, -0.05) is 41.9 Å². The predicted molar refractivity (Wildman–Crippen MR) is 122 cm³/mol. The lowest BCUT2D eigenvalue weighted by molar-refractivity contribution is -0.114. The molecule has 0 radical (unpaired) electrons. The highest BCUT2D eigenvalue weighted by Gasteiger charge is 2.27. The summed E-state index contributed by atoms with van der Waals surface area (Å²) >= 11 is 6.23. The van der Waals surface area contributed by atoms with Gasteiger partial charge < -0.3 is 5.32 Å². The quantitative estimate of drug-likeness (QED) is 0.577. The number of carbonyl (C=O) groups is 1. The summed E-state index contributed by atoms with van der Waals surface area (Å²) in [6, 6.07) is 18.6. The molecule has 0 saturated carbocycles. The Kier molecular flexibility index (Phi) is 6.48. The van der Waals surface area contributed by atoms with Gasteiger partial charge in [-0.15, -0.1) is 0 Å². The molecule has 0 fully saturated rings. The number of nitrogens with zero attached hydrogens (tertiary/aromatic N) is 1. The van der Waals surface area contributed by atoms with Crippen molar-refractivity contribution in [3.63, 3.8) is 0 Å². The van der Waals surface area contributed by atoms with E-state index in [9.17, 15) is 13.2 Å². The van der Waals surface area contributed by atoms with Crippen molar-refractivity contribution in [2.45, 2.75) is 25.7 Å². The van der Waals surface area contributed by atoms with Crippen LogP contribution in [0, 0.1) is 20.8 Å². The molecule has 0 saturated heterocycles. The van der Waals surface area contributed by atoms with Gasteiger partial charge in [0.25, 0.3) is 10.0 Å². The molecule has 0 bridgehead atoms. The number of anilines is 2. The lowest BCUT2D eigenvalue weighted by Crippen LogP contribution is -2.38. The summed E-state index contributed by atoms with van der Waals surface area (Å²) in [5.74, 6) is -0.448. The first-order chi connectivity index (χ1) is 14.2. The van der Waals surface area contributed by atoms with Crippen LogP contribution in [0.15, 0.2) is 71.6 Å². The van der Waals surface area contributed by atoms with Gasteiger partial charge in [0.05, 0.1) is 10.6 Å². The molecule has 0 aromatic heterocycles. The minimum Gasteiger partial charge on any atom is -0.324 e. The molecule has 0 atom stereocenters. The smallest absolute Gasteiger partial charge is 0.264 e. The van der Waals surface area contributed by atoms with Crippen molar-refractivity contribution in [2.75, 3.05) is 16.2 Å². The summed E-state index contributed by atoms with van der Waals surface area (Å²) in [5, 5.41) is 3.22. The van der Waals surface area contributed by atoms with Crippen molar-refractivity contribution in [1.82, 2.24) is 0 Å². The van der Waals surface area contributed by atoms with Crippen LogP contribution < -0.4 is 9.62 Å². The van der Waals surface area contributed by atoms with Crippen LogP contribution in [0.5, 0.6) is 0 Å². The number of benzene rings is 3. The molecule has 0 aliphatic heterocycles. The van der Waals surface area contributed by atoms with Gasteiger partial charge in [0.1, 0.15) is 6.54 Å². The monoisotopic (exact) mass is 442 g/mol. The van der Waals surface area contributed by atoms with Gasteiger partial charge >= 0.3 is 0 Å². The van der Waals surface area contributed by atoms with Crippen LogP contribution in [0.3, 0.4) is 0 Å². The molecule has 0 heterocycles. The van der Waals surface area contributed by atoms with E-state index in [1.165, 1.54) is 12.1 Å². The SMILES string of the molecule is Cc1cc(C)cc(NC(=O)CN(c2ccc(C)c(Cl)c2)S(=O)(=O)c2ccccc2)c1. The van der Waals surface area contributed by atoms with E-state index in [4.69, 9.17) is 11.6 Å². The van der Waals surface area contributed by atoms with E-state index in [0.717, 1.165) is 21.0 Å². The van der Waals surface area contributed by atoms with Crippen molar-refractivity contribution < 1.29 is 13.2 Å². The first-order valence-corrected chi connectivity index (χ1v) is 11.2. The average molecular weight is 443 g/mol. The first kappa shape index (κ1) is 21.9. The van der Waals surface area contributed by atoms with E-state index < -0.39 is 15.9 Å². The van der Waals surface area contributed by atoms with E-state index in [2.05, 4.69) is 5.32 Å². The van der Waals surface area contributed by atoms with Crippen LogP contribution >= 0.6 is 11.6 Å². The Hall–Kier alpha value is -2.83. The second kappa shape index (κ2) is 8.90. The average Bonchev–Trinajstić information content (AvgIpc) is 2.68. The minimum absolute atomic E-state index is 0.0981. The largest absolute Gasteiger partial charge is 0.324 e. The summed E-state index contributed by atoms with van der Waals surface area (Å²) in [6.45, 7) is 5.31. The van der Waals surface area contributed by atoms with E-state index in [0.29, 0.717) is 16.4 Å². The lowest BCUT2D eigenvalue weighted by Gasteiger charge is -2.24. The number of hydrogen-bond acceptors (Lipinski definition) is 3. The van der Waals surface area contributed by atoms with Crippen LogP contribution in [0.1, 0.15) is 16.7 Å². The second-order valence-corrected chi connectivity index (χ2v) is 9.45.